The quantitative estimate of drug-likeness (QED) is 0.855. The minimum absolute atomic E-state index is 0.418. The Morgan fingerprint density at radius 3 is 2.81 bits per heavy atom. The number of nitrogens with zero attached hydrogens (tertiary/aromatic N) is 1. The number of carbonyl (C=O) groups is 1. The maximum atomic E-state index is 11.4. The maximum Gasteiger partial charge on any atom is 0.251 e. The van der Waals surface area contributed by atoms with Crippen LogP contribution in [0.3, 0.4) is 0 Å². The van der Waals surface area contributed by atoms with Gasteiger partial charge in [-0.05, 0) is 35.1 Å². The minimum atomic E-state index is -0.418. The summed E-state index contributed by atoms with van der Waals surface area (Å²) >= 11 is 3.34. The number of hydrogen-bond acceptors (Lipinski definition) is 3. The number of hydrogen-bond donors (Lipinski definition) is 2. The molecule has 0 fully saturated rings. The zero-order valence-corrected chi connectivity index (χ0v) is 11.0. The number of halogens is 1. The Labute approximate surface area is 104 Å². The summed E-state index contributed by atoms with van der Waals surface area (Å²) in [6.07, 6.45) is 0. The van der Waals surface area contributed by atoms with Crippen LogP contribution in [-0.4, -0.2) is 33.1 Å². The van der Waals surface area contributed by atoms with E-state index >= 15 is 0 Å². The molecule has 3 N–H and O–H groups in total. The molecule has 1 aromatic carbocycles. The smallest absolute Gasteiger partial charge is 0.251 e. The van der Waals surface area contributed by atoms with Gasteiger partial charge in [0, 0.05) is 24.6 Å². The molecule has 0 saturated carbocycles. The van der Waals surface area contributed by atoms with Gasteiger partial charge >= 0.3 is 0 Å². The number of nitrogens with one attached hydrogen (secondary N) is 1. The Hall–Kier alpha value is -1.07. The fourth-order valence-electron chi connectivity index (χ4n) is 1.47. The standard InChI is InChI=1S/C11H16BrN3O/c1-14-6-7-15(2)9-5-3-4-8(12)10(9)11(13)16/h3-5,14H,6-7H2,1-2H3,(H2,13,16). The number of primary amides is 1. The van der Waals surface area contributed by atoms with Crippen molar-refractivity contribution >= 4 is 27.5 Å². The molecule has 1 amide bonds. The first-order chi connectivity index (χ1) is 7.57. The molecule has 0 heterocycles. The van der Waals surface area contributed by atoms with Gasteiger partial charge < -0.3 is 16.0 Å². The summed E-state index contributed by atoms with van der Waals surface area (Å²) in [6.45, 7) is 1.66. The molecule has 0 aliphatic carbocycles. The van der Waals surface area contributed by atoms with Gasteiger partial charge in [0.1, 0.15) is 0 Å². The van der Waals surface area contributed by atoms with Crippen LogP contribution in [0.2, 0.25) is 0 Å². The molecular formula is C11H16BrN3O. The van der Waals surface area contributed by atoms with Gasteiger partial charge in [-0.2, -0.15) is 0 Å². The number of carbonyl (C=O) groups excluding carboxylic acids is 1. The SMILES string of the molecule is CNCCN(C)c1cccc(Br)c1C(N)=O. The van der Waals surface area contributed by atoms with E-state index in [1.165, 1.54) is 0 Å². The summed E-state index contributed by atoms with van der Waals surface area (Å²) in [4.78, 5) is 13.4. The lowest BCUT2D eigenvalue weighted by Crippen LogP contribution is -2.29. The number of rotatable bonds is 5. The Morgan fingerprint density at radius 2 is 2.25 bits per heavy atom. The van der Waals surface area contributed by atoms with Crippen molar-refractivity contribution in [2.75, 3.05) is 32.1 Å². The third kappa shape index (κ3) is 2.96. The second-order valence-electron chi connectivity index (χ2n) is 3.52. The van der Waals surface area contributed by atoms with Crippen LogP contribution in [0.5, 0.6) is 0 Å². The molecule has 0 saturated heterocycles. The molecule has 5 heteroatoms. The second kappa shape index (κ2) is 5.86. The van der Waals surface area contributed by atoms with Crippen molar-refractivity contribution in [3.05, 3.63) is 28.2 Å². The molecule has 0 unspecified atom stereocenters. The molecule has 1 rings (SSSR count). The lowest BCUT2D eigenvalue weighted by atomic mass is 10.1. The van der Waals surface area contributed by atoms with Gasteiger partial charge in [-0.15, -0.1) is 0 Å². The van der Waals surface area contributed by atoms with Crippen molar-refractivity contribution in [1.29, 1.82) is 0 Å². The van der Waals surface area contributed by atoms with E-state index in [9.17, 15) is 4.79 Å². The van der Waals surface area contributed by atoms with E-state index in [1.807, 2.05) is 37.2 Å². The predicted molar refractivity (Wildman–Crippen MR) is 69.9 cm³/mol. The molecule has 88 valence electrons. The molecule has 0 spiro atoms. The Morgan fingerprint density at radius 1 is 1.56 bits per heavy atom. The van der Waals surface area contributed by atoms with E-state index in [0.29, 0.717) is 5.56 Å². The van der Waals surface area contributed by atoms with E-state index in [-0.39, 0.29) is 0 Å². The molecule has 0 aromatic heterocycles. The minimum Gasteiger partial charge on any atom is -0.373 e. The Balaban J connectivity index is 3.02. The summed E-state index contributed by atoms with van der Waals surface area (Å²) in [5.74, 6) is -0.418. The van der Waals surface area contributed by atoms with E-state index in [1.54, 1.807) is 0 Å². The van der Waals surface area contributed by atoms with Crippen molar-refractivity contribution in [2.24, 2.45) is 5.73 Å². The van der Waals surface area contributed by atoms with Crippen molar-refractivity contribution in [3.8, 4) is 0 Å². The molecular weight excluding hydrogens is 270 g/mol. The van der Waals surface area contributed by atoms with Crippen LogP contribution in [0.25, 0.3) is 0 Å². The second-order valence-corrected chi connectivity index (χ2v) is 4.38. The number of likely N-dealkylation sites (N-methyl/N-ethyl adjacent to an activating group) is 2. The normalized spacial score (nSPS) is 10.2. The summed E-state index contributed by atoms with van der Waals surface area (Å²) in [7, 11) is 3.83. The summed E-state index contributed by atoms with van der Waals surface area (Å²) < 4.78 is 0.730. The van der Waals surface area contributed by atoms with Crippen LogP contribution in [0.15, 0.2) is 22.7 Å². The highest BCUT2D eigenvalue weighted by molar-refractivity contribution is 9.10. The van der Waals surface area contributed by atoms with E-state index in [4.69, 9.17) is 5.73 Å². The van der Waals surface area contributed by atoms with Gasteiger partial charge in [-0.25, -0.2) is 0 Å². The molecule has 0 atom stereocenters. The lowest BCUT2D eigenvalue weighted by Gasteiger charge is -2.21. The summed E-state index contributed by atoms with van der Waals surface area (Å²) in [5, 5.41) is 3.06. The molecule has 0 radical (unpaired) electrons. The third-order valence-corrected chi connectivity index (χ3v) is 3.01. The Bertz CT molecular complexity index is 381. The zero-order valence-electron chi connectivity index (χ0n) is 9.46. The van der Waals surface area contributed by atoms with Crippen LogP contribution >= 0.6 is 15.9 Å². The first-order valence-corrected chi connectivity index (χ1v) is 5.81. The van der Waals surface area contributed by atoms with Gasteiger partial charge in [0.25, 0.3) is 5.91 Å². The molecule has 0 aliphatic heterocycles. The molecule has 0 aliphatic rings. The van der Waals surface area contributed by atoms with Crippen LogP contribution in [0, 0.1) is 0 Å². The summed E-state index contributed by atoms with van der Waals surface area (Å²) in [6, 6.07) is 5.59. The van der Waals surface area contributed by atoms with Crippen LogP contribution in [0.1, 0.15) is 10.4 Å². The van der Waals surface area contributed by atoms with Gasteiger partial charge in [-0.3, -0.25) is 4.79 Å². The topological polar surface area (TPSA) is 58.4 Å². The van der Waals surface area contributed by atoms with E-state index in [0.717, 1.165) is 23.2 Å². The van der Waals surface area contributed by atoms with Crippen LogP contribution in [0.4, 0.5) is 5.69 Å². The highest BCUT2D eigenvalue weighted by atomic mass is 79.9. The number of anilines is 1. The number of amides is 1. The maximum absolute atomic E-state index is 11.4. The number of benzene rings is 1. The molecule has 16 heavy (non-hydrogen) atoms. The highest BCUT2D eigenvalue weighted by Gasteiger charge is 2.14. The predicted octanol–water partition coefficient (Wildman–Crippen LogP) is 1.20. The van der Waals surface area contributed by atoms with Gasteiger partial charge in [0.15, 0.2) is 0 Å². The Kier molecular flexibility index (Phi) is 4.76. The largest absolute Gasteiger partial charge is 0.373 e. The van der Waals surface area contributed by atoms with E-state index < -0.39 is 5.91 Å². The van der Waals surface area contributed by atoms with Crippen LogP contribution < -0.4 is 16.0 Å². The van der Waals surface area contributed by atoms with Crippen molar-refractivity contribution < 1.29 is 4.79 Å². The van der Waals surface area contributed by atoms with Crippen molar-refractivity contribution in [3.63, 3.8) is 0 Å². The third-order valence-electron chi connectivity index (χ3n) is 2.35. The van der Waals surface area contributed by atoms with Gasteiger partial charge in [0.05, 0.1) is 11.3 Å². The molecule has 4 nitrogen and oxygen atoms in total. The fourth-order valence-corrected chi connectivity index (χ4v) is 2.03. The molecule has 0 bridgehead atoms. The zero-order chi connectivity index (χ0) is 12.1. The monoisotopic (exact) mass is 285 g/mol. The first kappa shape index (κ1) is 13.0. The summed E-state index contributed by atoms with van der Waals surface area (Å²) in [5.41, 5.74) is 6.74. The van der Waals surface area contributed by atoms with Gasteiger partial charge in [-0.1, -0.05) is 6.07 Å². The lowest BCUT2D eigenvalue weighted by molar-refractivity contribution is 0.1000. The van der Waals surface area contributed by atoms with Crippen molar-refractivity contribution in [1.82, 2.24) is 5.32 Å². The number of nitrogens with two attached hydrogens (primary N) is 1. The molecule has 1 aromatic rings. The highest BCUT2D eigenvalue weighted by Crippen LogP contribution is 2.26. The van der Waals surface area contributed by atoms with Crippen molar-refractivity contribution in [2.45, 2.75) is 0 Å². The first-order valence-electron chi connectivity index (χ1n) is 5.02. The van der Waals surface area contributed by atoms with Gasteiger partial charge in [0.2, 0.25) is 0 Å². The van der Waals surface area contributed by atoms with E-state index in [2.05, 4.69) is 21.2 Å². The fraction of sp³-hybridized carbons (Fsp3) is 0.364. The average molecular weight is 286 g/mol. The van der Waals surface area contributed by atoms with Crippen LogP contribution in [-0.2, 0) is 0 Å². The average Bonchev–Trinajstić information content (AvgIpc) is 2.24.